The van der Waals surface area contributed by atoms with Crippen LogP contribution >= 0.6 is 0 Å². The first-order valence-electron chi connectivity index (χ1n) is 8.82. The van der Waals surface area contributed by atoms with E-state index in [0.717, 1.165) is 37.1 Å². The molecule has 7 heteroatoms. The number of benzene rings is 1. The highest BCUT2D eigenvalue weighted by atomic mass is 16.5. The van der Waals surface area contributed by atoms with Crippen LogP contribution in [0.4, 0.5) is 0 Å². The molecule has 2 aromatic heterocycles. The van der Waals surface area contributed by atoms with Gasteiger partial charge in [-0.05, 0) is 31.9 Å². The van der Waals surface area contributed by atoms with Gasteiger partial charge in [0.15, 0.2) is 5.82 Å². The Morgan fingerprint density at radius 1 is 1.19 bits per heavy atom. The SMILES string of the molecule is Cc1nc(C2(NC(=O)c3cnn(-c4ccccc4)c3C)CCCC2)no1. The fourth-order valence-electron chi connectivity index (χ4n) is 3.62. The molecule has 0 radical (unpaired) electrons. The molecule has 2 heterocycles. The Hall–Kier alpha value is -2.96. The molecule has 0 bridgehead atoms. The van der Waals surface area contributed by atoms with Crippen LogP contribution in [-0.4, -0.2) is 25.8 Å². The first-order chi connectivity index (χ1) is 12.6. The van der Waals surface area contributed by atoms with E-state index < -0.39 is 5.54 Å². The summed E-state index contributed by atoms with van der Waals surface area (Å²) in [7, 11) is 0. The Morgan fingerprint density at radius 2 is 1.92 bits per heavy atom. The largest absolute Gasteiger partial charge is 0.340 e. The van der Waals surface area contributed by atoms with Crippen molar-refractivity contribution in [3.63, 3.8) is 0 Å². The van der Waals surface area contributed by atoms with Crippen LogP contribution in [0.1, 0.15) is 53.5 Å². The highest BCUT2D eigenvalue weighted by Crippen LogP contribution is 2.37. The summed E-state index contributed by atoms with van der Waals surface area (Å²) in [5, 5.41) is 11.6. The summed E-state index contributed by atoms with van der Waals surface area (Å²) in [5.74, 6) is 0.914. The quantitative estimate of drug-likeness (QED) is 0.781. The molecule has 0 unspecified atom stereocenters. The van der Waals surface area contributed by atoms with E-state index in [1.807, 2.05) is 37.3 Å². The lowest BCUT2D eigenvalue weighted by molar-refractivity contribution is 0.0891. The second kappa shape index (κ2) is 6.40. The number of carbonyl (C=O) groups is 1. The van der Waals surface area contributed by atoms with Gasteiger partial charge >= 0.3 is 0 Å². The van der Waals surface area contributed by atoms with Gasteiger partial charge in [-0.1, -0.05) is 36.2 Å². The van der Waals surface area contributed by atoms with Crippen LogP contribution in [0.5, 0.6) is 0 Å². The summed E-state index contributed by atoms with van der Waals surface area (Å²) in [6.07, 6.45) is 5.28. The van der Waals surface area contributed by atoms with Crippen LogP contribution in [0.25, 0.3) is 5.69 Å². The summed E-state index contributed by atoms with van der Waals surface area (Å²) in [6.45, 7) is 3.66. The Balaban J connectivity index is 1.63. The molecule has 134 valence electrons. The zero-order valence-corrected chi connectivity index (χ0v) is 14.9. The molecule has 3 aromatic rings. The lowest BCUT2D eigenvalue weighted by atomic mass is 9.96. The van der Waals surface area contributed by atoms with Crippen LogP contribution in [-0.2, 0) is 5.54 Å². The Morgan fingerprint density at radius 3 is 2.58 bits per heavy atom. The normalized spacial score (nSPS) is 15.9. The van der Waals surface area contributed by atoms with Gasteiger partial charge in [0.2, 0.25) is 5.89 Å². The maximum Gasteiger partial charge on any atom is 0.255 e. The number of aryl methyl sites for hydroxylation is 1. The third kappa shape index (κ3) is 2.79. The molecule has 0 atom stereocenters. The molecule has 0 spiro atoms. The minimum absolute atomic E-state index is 0.158. The summed E-state index contributed by atoms with van der Waals surface area (Å²) < 4.78 is 6.92. The maximum absolute atomic E-state index is 13.0. The molecule has 26 heavy (non-hydrogen) atoms. The third-order valence-electron chi connectivity index (χ3n) is 5.02. The van der Waals surface area contributed by atoms with Crippen molar-refractivity contribution in [1.82, 2.24) is 25.2 Å². The monoisotopic (exact) mass is 351 g/mol. The molecule has 1 aromatic carbocycles. The average Bonchev–Trinajstić information content (AvgIpc) is 3.36. The van der Waals surface area contributed by atoms with Gasteiger partial charge in [-0.25, -0.2) is 4.68 Å². The smallest absolute Gasteiger partial charge is 0.255 e. The fourth-order valence-corrected chi connectivity index (χ4v) is 3.62. The molecule has 0 aliphatic heterocycles. The van der Waals surface area contributed by atoms with Gasteiger partial charge in [0.25, 0.3) is 5.91 Å². The van der Waals surface area contributed by atoms with Crippen LogP contribution < -0.4 is 5.32 Å². The zero-order valence-electron chi connectivity index (χ0n) is 14.9. The topological polar surface area (TPSA) is 85.8 Å². The molecular formula is C19H21N5O2. The minimum Gasteiger partial charge on any atom is -0.340 e. The predicted octanol–water partition coefficient (Wildman–Crippen LogP) is 3.07. The molecule has 1 amide bonds. The van der Waals surface area contributed by atoms with Crippen molar-refractivity contribution in [2.75, 3.05) is 0 Å². The fraction of sp³-hybridized carbons (Fsp3) is 0.368. The summed E-state index contributed by atoms with van der Waals surface area (Å²) in [5.41, 5.74) is 1.72. The number of amides is 1. The number of rotatable bonds is 4. The molecule has 1 aliphatic rings. The van der Waals surface area contributed by atoms with E-state index in [1.54, 1.807) is 17.8 Å². The lowest BCUT2D eigenvalue weighted by Crippen LogP contribution is -2.44. The van der Waals surface area contributed by atoms with Crippen molar-refractivity contribution in [3.05, 3.63) is 59.5 Å². The minimum atomic E-state index is -0.559. The van der Waals surface area contributed by atoms with Crippen molar-refractivity contribution in [2.24, 2.45) is 0 Å². The van der Waals surface area contributed by atoms with Gasteiger partial charge < -0.3 is 9.84 Å². The number of nitrogens with one attached hydrogen (secondary N) is 1. The number of carbonyl (C=O) groups excluding carboxylic acids is 1. The Kier molecular flexibility index (Phi) is 4.06. The van der Waals surface area contributed by atoms with E-state index in [0.29, 0.717) is 17.3 Å². The number of hydrogen-bond donors (Lipinski definition) is 1. The molecular weight excluding hydrogens is 330 g/mol. The highest BCUT2D eigenvalue weighted by Gasteiger charge is 2.41. The summed E-state index contributed by atoms with van der Waals surface area (Å²) in [4.78, 5) is 17.4. The summed E-state index contributed by atoms with van der Waals surface area (Å²) >= 11 is 0. The average molecular weight is 351 g/mol. The number of hydrogen-bond acceptors (Lipinski definition) is 5. The van der Waals surface area contributed by atoms with E-state index in [4.69, 9.17) is 4.52 Å². The number of para-hydroxylation sites is 1. The highest BCUT2D eigenvalue weighted by molar-refractivity contribution is 5.95. The van der Waals surface area contributed by atoms with E-state index in [9.17, 15) is 4.79 Å². The number of nitrogens with zero attached hydrogens (tertiary/aromatic N) is 4. The van der Waals surface area contributed by atoms with Gasteiger partial charge in [0.1, 0.15) is 5.54 Å². The van der Waals surface area contributed by atoms with Gasteiger partial charge in [-0.15, -0.1) is 0 Å². The van der Waals surface area contributed by atoms with Crippen molar-refractivity contribution in [2.45, 2.75) is 45.1 Å². The van der Waals surface area contributed by atoms with Crippen molar-refractivity contribution >= 4 is 5.91 Å². The second-order valence-electron chi connectivity index (χ2n) is 6.77. The molecule has 1 aliphatic carbocycles. The van der Waals surface area contributed by atoms with E-state index in [2.05, 4.69) is 20.6 Å². The predicted molar refractivity (Wildman–Crippen MR) is 94.9 cm³/mol. The van der Waals surface area contributed by atoms with Gasteiger partial charge in [-0.3, -0.25) is 4.79 Å². The van der Waals surface area contributed by atoms with Gasteiger partial charge in [0.05, 0.1) is 23.1 Å². The molecule has 1 saturated carbocycles. The van der Waals surface area contributed by atoms with Crippen LogP contribution in [0.15, 0.2) is 41.1 Å². The zero-order chi connectivity index (χ0) is 18.1. The third-order valence-corrected chi connectivity index (χ3v) is 5.02. The van der Waals surface area contributed by atoms with Crippen LogP contribution in [0.2, 0.25) is 0 Å². The summed E-state index contributed by atoms with van der Waals surface area (Å²) in [6, 6.07) is 9.77. The van der Waals surface area contributed by atoms with E-state index in [-0.39, 0.29) is 5.91 Å². The molecule has 1 N–H and O–H groups in total. The maximum atomic E-state index is 13.0. The Bertz CT molecular complexity index is 923. The number of aromatic nitrogens is 4. The van der Waals surface area contributed by atoms with Crippen molar-refractivity contribution < 1.29 is 9.32 Å². The molecule has 4 rings (SSSR count). The van der Waals surface area contributed by atoms with Gasteiger partial charge in [-0.2, -0.15) is 10.1 Å². The first kappa shape index (κ1) is 16.5. The molecule has 7 nitrogen and oxygen atoms in total. The van der Waals surface area contributed by atoms with Crippen LogP contribution in [0, 0.1) is 13.8 Å². The van der Waals surface area contributed by atoms with E-state index in [1.165, 1.54) is 0 Å². The molecule has 0 saturated heterocycles. The van der Waals surface area contributed by atoms with Crippen molar-refractivity contribution in [3.8, 4) is 5.69 Å². The van der Waals surface area contributed by atoms with E-state index >= 15 is 0 Å². The Labute approximate surface area is 151 Å². The molecule has 1 fully saturated rings. The van der Waals surface area contributed by atoms with Gasteiger partial charge in [0, 0.05) is 6.92 Å². The van der Waals surface area contributed by atoms with Crippen molar-refractivity contribution in [1.29, 1.82) is 0 Å². The second-order valence-corrected chi connectivity index (χ2v) is 6.77. The first-order valence-corrected chi connectivity index (χ1v) is 8.82. The standard InChI is InChI=1S/C19H21N5O2/c1-13-16(12-20-24(13)15-8-4-3-5-9-15)17(25)22-19(10-6-7-11-19)18-21-14(2)26-23-18/h3-5,8-9,12H,6-7,10-11H2,1-2H3,(H,22,25). The lowest BCUT2D eigenvalue weighted by Gasteiger charge is -2.26. The van der Waals surface area contributed by atoms with Crippen LogP contribution in [0.3, 0.4) is 0 Å².